The maximum Gasteiger partial charge on any atom is 0.341 e. The van der Waals surface area contributed by atoms with Gasteiger partial charge in [0.15, 0.2) is 17.3 Å². The molecule has 1 aliphatic rings. The monoisotopic (exact) mass is 436 g/mol. The van der Waals surface area contributed by atoms with Gasteiger partial charge in [-0.1, -0.05) is 18.2 Å². The summed E-state index contributed by atoms with van der Waals surface area (Å²) in [5.74, 6) is 0.108. The number of hydrogen-bond acceptors (Lipinski definition) is 8. The first-order chi connectivity index (χ1) is 15.5. The van der Waals surface area contributed by atoms with Gasteiger partial charge in [-0.15, -0.1) is 0 Å². The van der Waals surface area contributed by atoms with Crippen LogP contribution in [0.3, 0.4) is 0 Å². The van der Waals surface area contributed by atoms with Gasteiger partial charge in [-0.25, -0.2) is 9.59 Å². The van der Waals surface area contributed by atoms with Crippen molar-refractivity contribution >= 4 is 17.7 Å². The van der Waals surface area contributed by atoms with Crippen LogP contribution in [-0.2, 0) is 16.1 Å². The van der Waals surface area contributed by atoms with Crippen molar-refractivity contribution in [2.24, 2.45) is 0 Å². The number of furan rings is 1. The predicted molar refractivity (Wildman–Crippen MR) is 111 cm³/mol. The van der Waals surface area contributed by atoms with Gasteiger partial charge in [0.25, 0.3) is 0 Å². The summed E-state index contributed by atoms with van der Waals surface area (Å²) in [7, 11) is 1.27. The van der Waals surface area contributed by atoms with Crippen molar-refractivity contribution < 1.29 is 37.7 Å². The molecule has 0 N–H and O–H groups in total. The minimum atomic E-state index is -0.694. The van der Waals surface area contributed by atoms with Crippen LogP contribution in [0.2, 0.25) is 0 Å². The highest BCUT2D eigenvalue weighted by molar-refractivity contribution is 6.14. The van der Waals surface area contributed by atoms with Crippen LogP contribution in [0.1, 0.15) is 48.2 Å². The first-order valence-corrected chi connectivity index (χ1v) is 9.86. The number of rotatable bonds is 6. The predicted octanol–water partition coefficient (Wildman–Crippen LogP) is 3.73. The number of carbonyl (C=O) groups excluding carboxylic acids is 3. The molecule has 4 rings (SSSR count). The molecule has 0 aliphatic carbocycles. The molecular weight excluding hydrogens is 416 g/mol. The number of hydrogen-bond donors (Lipinski definition) is 0. The highest BCUT2D eigenvalue weighted by Gasteiger charge is 2.22. The zero-order chi connectivity index (χ0) is 22.7. The molecule has 0 amide bonds. The van der Waals surface area contributed by atoms with E-state index < -0.39 is 11.9 Å². The maximum atomic E-state index is 13.1. The Hall–Kier alpha value is -4.07. The van der Waals surface area contributed by atoms with Crippen molar-refractivity contribution in [2.45, 2.75) is 13.5 Å². The third kappa shape index (κ3) is 4.20. The smallest absolute Gasteiger partial charge is 0.341 e. The molecular formula is C24H20O8. The number of aryl methyl sites for hydroxylation is 1. The molecule has 2 aromatic carbocycles. The quantitative estimate of drug-likeness (QED) is 0.426. The summed E-state index contributed by atoms with van der Waals surface area (Å²) in [6.45, 7) is 2.25. The number of fused-ring (bicyclic) bond motifs is 1. The number of ketones is 1. The highest BCUT2D eigenvalue weighted by Crippen LogP contribution is 2.31. The van der Waals surface area contributed by atoms with Gasteiger partial charge >= 0.3 is 11.9 Å². The van der Waals surface area contributed by atoms with Crippen LogP contribution in [-0.4, -0.2) is 38.0 Å². The number of benzene rings is 2. The Kier molecular flexibility index (Phi) is 5.93. The number of esters is 2. The fourth-order valence-corrected chi connectivity index (χ4v) is 3.34. The van der Waals surface area contributed by atoms with Crippen LogP contribution < -0.4 is 9.47 Å². The van der Waals surface area contributed by atoms with Crippen molar-refractivity contribution in [3.63, 3.8) is 0 Å². The van der Waals surface area contributed by atoms with E-state index in [1.807, 2.05) is 0 Å². The van der Waals surface area contributed by atoms with E-state index in [4.69, 9.17) is 18.6 Å². The lowest BCUT2D eigenvalue weighted by Crippen LogP contribution is -2.16. The van der Waals surface area contributed by atoms with E-state index in [1.54, 1.807) is 43.3 Å². The lowest BCUT2D eigenvalue weighted by Gasteiger charge is -2.18. The van der Waals surface area contributed by atoms with Crippen molar-refractivity contribution in [1.82, 2.24) is 0 Å². The third-order valence-electron chi connectivity index (χ3n) is 4.92. The second-order valence-corrected chi connectivity index (χ2v) is 6.98. The van der Waals surface area contributed by atoms with E-state index in [-0.39, 0.29) is 34.8 Å². The molecule has 0 fully saturated rings. The Bertz CT molecular complexity index is 1190. The summed E-state index contributed by atoms with van der Waals surface area (Å²) < 4.78 is 26.5. The molecule has 8 heteroatoms. The van der Waals surface area contributed by atoms with Crippen LogP contribution >= 0.6 is 0 Å². The lowest BCUT2D eigenvalue weighted by atomic mass is 9.98. The first-order valence-electron chi connectivity index (χ1n) is 9.86. The fourth-order valence-electron chi connectivity index (χ4n) is 3.34. The molecule has 3 aromatic rings. The van der Waals surface area contributed by atoms with Gasteiger partial charge in [0, 0.05) is 11.1 Å². The van der Waals surface area contributed by atoms with E-state index in [0.29, 0.717) is 36.0 Å². The van der Waals surface area contributed by atoms with Crippen molar-refractivity contribution in [2.75, 3.05) is 20.3 Å². The number of carbonyl (C=O) groups is 3. The van der Waals surface area contributed by atoms with Crippen LogP contribution in [0.4, 0.5) is 0 Å². The average Bonchev–Trinajstić information content (AvgIpc) is 3.21. The maximum absolute atomic E-state index is 13.1. The van der Waals surface area contributed by atoms with Gasteiger partial charge in [0.2, 0.25) is 0 Å². The molecule has 0 saturated heterocycles. The van der Waals surface area contributed by atoms with Gasteiger partial charge in [-0.3, -0.25) is 4.79 Å². The Morgan fingerprint density at radius 3 is 2.34 bits per heavy atom. The molecule has 1 aromatic heterocycles. The lowest BCUT2D eigenvalue weighted by molar-refractivity contribution is 0.0441. The molecule has 2 heterocycles. The van der Waals surface area contributed by atoms with Crippen molar-refractivity contribution in [3.05, 3.63) is 82.3 Å². The first kappa shape index (κ1) is 21.2. The molecule has 0 saturated carbocycles. The van der Waals surface area contributed by atoms with Crippen LogP contribution in [0.15, 0.2) is 52.9 Å². The van der Waals surface area contributed by atoms with E-state index in [2.05, 4.69) is 4.74 Å². The van der Waals surface area contributed by atoms with E-state index >= 15 is 0 Å². The Labute approximate surface area is 183 Å². The fraction of sp³-hybridized carbons (Fsp3) is 0.208. The second kappa shape index (κ2) is 8.97. The van der Waals surface area contributed by atoms with Gasteiger partial charge in [-0.05, 0) is 37.3 Å². The molecule has 0 bridgehead atoms. The normalized spacial score (nSPS) is 12.2. The molecule has 32 heavy (non-hydrogen) atoms. The van der Waals surface area contributed by atoms with Crippen molar-refractivity contribution in [1.29, 1.82) is 0 Å². The Morgan fingerprint density at radius 2 is 1.59 bits per heavy atom. The molecule has 0 radical (unpaired) electrons. The highest BCUT2D eigenvalue weighted by atomic mass is 16.6. The van der Waals surface area contributed by atoms with Crippen molar-refractivity contribution in [3.8, 4) is 11.5 Å². The third-order valence-corrected chi connectivity index (χ3v) is 4.92. The Morgan fingerprint density at radius 1 is 0.875 bits per heavy atom. The largest absolute Gasteiger partial charge is 0.486 e. The minimum absolute atomic E-state index is 0.115. The number of methoxy groups -OCH3 is 1. The van der Waals surface area contributed by atoms with E-state index in [9.17, 15) is 14.4 Å². The second-order valence-electron chi connectivity index (χ2n) is 6.98. The van der Waals surface area contributed by atoms with E-state index in [0.717, 1.165) is 0 Å². The summed E-state index contributed by atoms with van der Waals surface area (Å²) in [4.78, 5) is 37.6. The molecule has 8 nitrogen and oxygen atoms in total. The molecule has 1 aliphatic heterocycles. The summed E-state index contributed by atoms with van der Waals surface area (Å²) >= 11 is 0. The zero-order valence-electron chi connectivity index (χ0n) is 17.5. The average molecular weight is 436 g/mol. The molecule has 164 valence electrons. The van der Waals surface area contributed by atoms with Gasteiger partial charge in [0.05, 0.1) is 12.7 Å². The van der Waals surface area contributed by atoms with Crippen LogP contribution in [0.25, 0.3) is 0 Å². The molecule has 0 atom stereocenters. The van der Waals surface area contributed by atoms with Gasteiger partial charge in [-0.2, -0.15) is 0 Å². The van der Waals surface area contributed by atoms with Crippen LogP contribution in [0.5, 0.6) is 11.5 Å². The van der Waals surface area contributed by atoms with Gasteiger partial charge in [0.1, 0.15) is 36.9 Å². The SMILES string of the molecule is COC(=O)c1cc(COC(=O)c2ccccc2C(=O)c2ccc3c(c2)OCCO3)oc1C. The number of ether oxygens (including phenoxy) is 4. The molecule has 0 spiro atoms. The standard InChI is InChI=1S/C24H20O8/c1-14-19(23(26)28-2)12-16(32-14)13-31-24(27)18-6-4-3-5-17(18)22(25)15-7-8-20-21(11-15)30-10-9-29-20/h3-8,11-12H,9-10,13H2,1-2H3. The summed E-state index contributed by atoms with van der Waals surface area (Å²) in [5.41, 5.74) is 0.926. The summed E-state index contributed by atoms with van der Waals surface area (Å²) in [6.07, 6.45) is 0. The summed E-state index contributed by atoms with van der Waals surface area (Å²) in [5, 5.41) is 0. The molecule has 0 unspecified atom stereocenters. The minimum Gasteiger partial charge on any atom is -0.486 e. The van der Waals surface area contributed by atoms with Gasteiger partial charge < -0.3 is 23.4 Å². The Balaban J connectivity index is 1.52. The van der Waals surface area contributed by atoms with E-state index in [1.165, 1.54) is 19.2 Å². The zero-order valence-corrected chi connectivity index (χ0v) is 17.5. The summed E-state index contributed by atoms with van der Waals surface area (Å²) in [6, 6.07) is 12.7. The van der Waals surface area contributed by atoms with Crippen LogP contribution in [0, 0.1) is 6.92 Å². The topological polar surface area (TPSA) is 101 Å².